The Kier molecular flexibility index (Phi) is 10.3. The van der Waals surface area contributed by atoms with E-state index in [1.165, 1.54) is 6.92 Å². The molecule has 170 valence electrons. The number of methoxy groups -OCH3 is 2. The molecule has 0 fully saturated rings. The summed E-state index contributed by atoms with van der Waals surface area (Å²) < 4.78 is 22.4. The second kappa shape index (κ2) is 12.9. The third-order valence-corrected chi connectivity index (χ3v) is 5.16. The molecule has 1 aliphatic heterocycles. The lowest BCUT2D eigenvalue weighted by Gasteiger charge is -2.28. The van der Waals surface area contributed by atoms with Crippen LogP contribution >= 0.6 is 0 Å². The van der Waals surface area contributed by atoms with Crippen molar-refractivity contribution in [3.63, 3.8) is 0 Å². The first kappa shape index (κ1) is 24.6. The van der Waals surface area contributed by atoms with Gasteiger partial charge in [-0.3, -0.25) is 4.79 Å². The number of fused-ring (bicyclic) bond motifs is 1. The van der Waals surface area contributed by atoms with E-state index in [-0.39, 0.29) is 24.7 Å². The fraction of sp³-hybridized carbons (Fsp3) is 0.500. The van der Waals surface area contributed by atoms with Crippen molar-refractivity contribution in [1.82, 2.24) is 5.32 Å². The van der Waals surface area contributed by atoms with Crippen LogP contribution in [-0.4, -0.2) is 45.1 Å². The zero-order valence-corrected chi connectivity index (χ0v) is 18.8. The molecule has 1 N–H and O–H groups in total. The highest BCUT2D eigenvalue weighted by Gasteiger charge is 2.27. The molecule has 7 nitrogen and oxygen atoms in total. The average molecular weight is 432 g/mol. The van der Waals surface area contributed by atoms with E-state index in [1.807, 2.05) is 12.1 Å². The summed E-state index contributed by atoms with van der Waals surface area (Å²) in [4.78, 5) is 24.3. The summed E-state index contributed by atoms with van der Waals surface area (Å²) in [7, 11) is 3.12. The van der Waals surface area contributed by atoms with Gasteiger partial charge in [-0.05, 0) is 36.6 Å². The molecule has 2 rings (SSSR count). The highest BCUT2D eigenvalue weighted by molar-refractivity contribution is 5.94. The summed E-state index contributed by atoms with van der Waals surface area (Å²) in [5.41, 5.74) is 1.29. The number of esters is 1. The van der Waals surface area contributed by atoms with Crippen molar-refractivity contribution < 1.29 is 28.5 Å². The molecule has 0 unspecified atom stereocenters. The molecule has 0 aromatic heterocycles. The molecule has 1 heterocycles. The van der Waals surface area contributed by atoms with E-state index >= 15 is 0 Å². The van der Waals surface area contributed by atoms with Gasteiger partial charge in [0, 0.05) is 26.9 Å². The van der Waals surface area contributed by atoms with Crippen molar-refractivity contribution in [2.75, 3.05) is 21.0 Å². The molecule has 0 radical (unpaired) electrons. The molecule has 1 aromatic carbocycles. The van der Waals surface area contributed by atoms with Gasteiger partial charge in [-0.25, -0.2) is 4.79 Å². The summed E-state index contributed by atoms with van der Waals surface area (Å²) in [5.74, 6) is 0.0991. The zero-order valence-electron chi connectivity index (χ0n) is 18.8. The van der Waals surface area contributed by atoms with Crippen LogP contribution < -0.4 is 10.1 Å². The first-order chi connectivity index (χ1) is 15.0. The van der Waals surface area contributed by atoms with Gasteiger partial charge >= 0.3 is 5.97 Å². The van der Waals surface area contributed by atoms with Gasteiger partial charge < -0.3 is 24.3 Å². The Balaban J connectivity index is 2.34. The summed E-state index contributed by atoms with van der Waals surface area (Å²) in [5, 5.41) is 2.61. The van der Waals surface area contributed by atoms with E-state index in [4.69, 9.17) is 18.9 Å². The molecule has 7 heteroatoms. The molecule has 0 spiro atoms. The van der Waals surface area contributed by atoms with E-state index in [1.54, 1.807) is 32.6 Å². The largest absolute Gasteiger partial charge is 0.496 e. The van der Waals surface area contributed by atoms with Crippen molar-refractivity contribution >= 4 is 11.9 Å². The Labute approximate surface area is 184 Å². The van der Waals surface area contributed by atoms with E-state index in [0.717, 1.165) is 12.0 Å². The third-order valence-electron chi connectivity index (χ3n) is 5.16. The second-order valence-electron chi connectivity index (χ2n) is 7.60. The number of nitrogens with one attached hydrogen (secondary N) is 1. The monoisotopic (exact) mass is 431 g/mol. The van der Waals surface area contributed by atoms with E-state index in [0.29, 0.717) is 30.6 Å². The Hall–Kier alpha value is -2.64. The Morgan fingerprint density at radius 1 is 1.29 bits per heavy atom. The van der Waals surface area contributed by atoms with Crippen LogP contribution in [0.15, 0.2) is 42.6 Å². The summed E-state index contributed by atoms with van der Waals surface area (Å²) in [6.07, 6.45) is 9.30. The van der Waals surface area contributed by atoms with Crippen molar-refractivity contribution in [1.29, 1.82) is 0 Å². The lowest BCUT2D eigenvalue weighted by molar-refractivity contribution is -0.118. The maximum atomic E-state index is 13.2. The van der Waals surface area contributed by atoms with E-state index < -0.39 is 12.1 Å². The van der Waals surface area contributed by atoms with Gasteiger partial charge in [0.05, 0.1) is 13.2 Å². The number of carbonyl (C=O) groups is 2. The van der Waals surface area contributed by atoms with Gasteiger partial charge in [0.1, 0.15) is 24.2 Å². The number of allylic oxidation sites excluding steroid dienone is 2. The number of hydrogen-bond acceptors (Lipinski definition) is 6. The highest BCUT2D eigenvalue weighted by Crippen LogP contribution is 2.28. The molecule has 0 saturated carbocycles. The maximum absolute atomic E-state index is 13.2. The molecular formula is C24H33NO6. The van der Waals surface area contributed by atoms with Crippen LogP contribution in [-0.2, 0) is 25.4 Å². The molecule has 0 bridgehead atoms. The quantitative estimate of drug-likeness (QED) is 0.402. The smallest absolute Gasteiger partial charge is 0.342 e. The van der Waals surface area contributed by atoms with Gasteiger partial charge in [-0.2, -0.15) is 0 Å². The van der Waals surface area contributed by atoms with Gasteiger partial charge in [-0.1, -0.05) is 37.3 Å². The fourth-order valence-corrected chi connectivity index (χ4v) is 3.50. The topological polar surface area (TPSA) is 83.1 Å². The van der Waals surface area contributed by atoms with Crippen LogP contribution in [0.4, 0.5) is 0 Å². The van der Waals surface area contributed by atoms with Crippen LogP contribution in [0.2, 0.25) is 0 Å². The summed E-state index contributed by atoms with van der Waals surface area (Å²) in [6, 6.07) is 5.54. The maximum Gasteiger partial charge on any atom is 0.342 e. The first-order valence-electron chi connectivity index (χ1n) is 10.5. The van der Waals surface area contributed by atoms with Gasteiger partial charge in [0.2, 0.25) is 5.91 Å². The predicted octanol–water partition coefficient (Wildman–Crippen LogP) is 3.78. The first-order valence-corrected chi connectivity index (χ1v) is 10.5. The third kappa shape index (κ3) is 7.84. The summed E-state index contributed by atoms with van der Waals surface area (Å²) >= 11 is 0. The van der Waals surface area contributed by atoms with Crippen LogP contribution in [0.5, 0.6) is 5.75 Å². The minimum Gasteiger partial charge on any atom is -0.496 e. The molecule has 1 aromatic rings. The van der Waals surface area contributed by atoms with Crippen molar-refractivity contribution in [2.45, 2.75) is 51.7 Å². The molecule has 1 amide bonds. The Bertz CT molecular complexity index is 788. The standard InChI is InChI=1S/C24H33NO6/c1-17-9-5-6-10-19-11-7-13-21(29-4)23(19)24(27)31-20(12-8-14-25-18(2)26)15-22(17)30-16-28-3/h5-8,11,13-14,17,20,22H,9-10,12,15-16H2,1-4H3,(H,25,26)/b6-5+,14-8+/t17-,20-,22+/m0/s1. The van der Waals surface area contributed by atoms with Crippen LogP contribution in [0.25, 0.3) is 0 Å². The number of carbonyl (C=O) groups excluding carboxylic acids is 2. The highest BCUT2D eigenvalue weighted by atomic mass is 16.7. The molecular weight excluding hydrogens is 398 g/mol. The average Bonchev–Trinajstić information content (AvgIpc) is 2.75. The fourth-order valence-electron chi connectivity index (χ4n) is 3.50. The Morgan fingerprint density at radius 2 is 2.10 bits per heavy atom. The molecule has 0 saturated heterocycles. The number of amides is 1. The van der Waals surface area contributed by atoms with Crippen molar-refractivity contribution in [3.05, 3.63) is 53.8 Å². The van der Waals surface area contributed by atoms with Gasteiger partial charge in [-0.15, -0.1) is 0 Å². The minimum atomic E-state index is -0.442. The molecule has 3 atom stereocenters. The van der Waals surface area contributed by atoms with Gasteiger partial charge in [0.15, 0.2) is 0 Å². The minimum absolute atomic E-state index is 0.159. The van der Waals surface area contributed by atoms with Crippen LogP contribution in [0.3, 0.4) is 0 Å². The van der Waals surface area contributed by atoms with Crippen LogP contribution in [0.1, 0.15) is 49.0 Å². The predicted molar refractivity (Wildman–Crippen MR) is 118 cm³/mol. The zero-order chi connectivity index (χ0) is 22.6. The molecule has 31 heavy (non-hydrogen) atoms. The number of cyclic esters (lactones) is 1. The molecule has 1 aliphatic rings. The van der Waals surface area contributed by atoms with Gasteiger partial charge in [0.25, 0.3) is 0 Å². The second-order valence-corrected chi connectivity index (χ2v) is 7.60. The number of rotatable bonds is 7. The SMILES string of the molecule is COCO[C@@H]1C[C@H](C/C=C/NC(C)=O)OC(=O)c2c(cccc2OC)C/C=C/C[C@@H]1C. The number of ether oxygens (including phenoxy) is 4. The molecule has 0 aliphatic carbocycles. The normalized spacial score (nSPS) is 23.2. The Morgan fingerprint density at radius 3 is 2.81 bits per heavy atom. The van der Waals surface area contributed by atoms with E-state index in [9.17, 15) is 9.59 Å². The van der Waals surface area contributed by atoms with Crippen molar-refractivity contribution in [3.8, 4) is 5.75 Å². The lowest BCUT2D eigenvalue weighted by Crippen LogP contribution is -2.31. The number of hydrogen-bond donors (Lipinski definition) is 1. The van der Waals surface area contributed by atoms with E-state index in [2.05, 4.69) is 24.4 Å². The van der Waals surface area contributed by atoms with Crippen molar-refractivity contribution in [2.24, 2.45) is 5.92 Å². The number of benzene rings is 1. The summed E-state index contributed by atoms with van der Waals surface area (Å²) in [6.45, 7) is 3.71. The van der Waals surface area contributed by atoms with Crippen LogP contribution in [0, 0.1) is 5.92 Å². The lowest BCUT2D eigenvalue weighted by atomic mass is 9.93.